The van der Waals surface area contributed by atoms with Gasteiger partial charge in [0.15, 0.2) is 5.69 Å². The monoisotopic (exact) mass is 339 g/mol. The summed E-state index contributed by atoms with van der Waals surface area (Å²) in [5.74, 6) is -0.721. The third kappa shape index (κ3) is 5.39. The Morgan fingerprint density at radius 1 is 1.35 bits per heavy atom. The number of hydrogen-bond acceptors (Lipinski definition) is 4. The molecule has 2 rings (SSSR count). The molecule has 0 bridgehead atoms. The zero-order chi connectivity index (χ0) is 18.0. The van der Waals surface area contributed by atoms with Crippen LogP contribution in [0.15, 0.2) is 24.4 Å². The van der Waals surface area contributed by atoms with E-state index in [-0.39, 0.29) is 11.4 Å². The topological polar surface area (TPSA) is 116 Å². The fourth-order valence-corrected chi connectivity index (χ4v) is 1.76. The number of amides is 2. The third-order valence-corrected chi connectivity index (χ3v) is 2.99. The number of nitrogens with two attached hydrogens (primary N) is 2. The molecule has 8 heteroatoms. The molecule has 1 heterocycles. The number of rotatable bonds is 4. The number of carbonyl (C=O) groups excluding carboxylic acids is 2. The van der Waals surface area contributed by atoms with Crippen LogP contribution in [0.3, 0.4) is 0 Å². The van der Waals surface area contributed by atoms with E-state index in [1.165, 1.54) is 17.9 Å². The van der Waals surface area contributed by atoms with E-state index in [0.29, 0.717) is 17.1 Å². The predicted octanol–water partition coefficient (Wildman–Crippen LogP) is 2.10. The standard InChI is InChI=1S/C12H11ClN4O2.C2H6.CH5N/c1-7-2-3-8(4-9(7)13)17-5-10(15-6-18)11(16-17)12(14)19;2*1-2/h2-6H,1H3,(H2,14,19)(H,15,18);1-2H3;2H2,1H3. The molecule has 23 heavy (non-hydrogen) atoms. The van der Waals surface area contributed by atoms with Crippen LogP contribution in [0.1, 0.15) is 29.9 Å². The number of hydrogen-bond donors (Lipinski definition) is 3. The largest absolute Gasteiger partial charge is 0.364 e. The van der Waals surface area contributed by atoms with Gasteiger partial charge in [0.1, 0.15) is 0 Å². The van der Waals surface area contributed by atoms with Crippen LogP contribution in [-0.4, -0.2) is 29.1 Å². The zero-order valence-electron chi connectivity index (χ0n) is 13.6. The maximum Gasteiger partial charge on any atom is 0.271 e. The lowest BCUT2D eigenvalue weighted by Gasteiger charge is -2.03. The van der Waals surface area contributed by atoms with Crippen molar-refractivity contribution in [1.82, 2.24) is 9.78 Å². The number of halogens is 1. The second-order valence-electron chi connectivity index (χ2n) is 3.90. The Morgan fingerprint density at radius 3 is 2.43 bits per heavy atom. The molecule has 0 spiro atoms. The van der Waals surface area contributed by atoms with Gasteiger partial charge in [-0.25, -0.2) is 4.68 Å². The lowest BCUT2D eigenvalue weighted by atomic mass is 10.2. The van der Waals surface area contributed by atoms with Crippen molar-refractivity contribution in [1.29, 1.82) is 0 Å². The quantitative estimate of drug-likeness (QED) is 0.739. The number of aryl methyl sites for hydroxylation is 1. The van der Waals surface area contributed by atoms with Gasteiger partial charge in [-0.05, 0) is 31.7 Å². The Labute approximate surface area is 140 Å². The van der Waals surface area contributed by atoms with E-state index >= 15 is 0 Å². The van der Waals surface area contributed by atoms with Gasteiger partial charge in [-0.2, -0.15) is 5.10 Å². The van der Waals surface area contributed by atoms with E-state index in [1.807, 2.05) is 26.8 Å². The molecule has 0 radical (unpaired) electrons. The first kappa shape index (κ1) is 20.6. The molecule has 0 fully saturated rings. The highest BCUT2D eigenvalue weighted by Gasteiger charge is 2.14. The molecule has 0 aliphatic carbocycles. The van der Waals surface area contributed by atoms with Crippen molar-refractivity contribution in [3.63, 3.8) is 0 Å². The minimum absolute atomic E-state index is 0.0104. The van der Waals surface area contributed by atoms with Gasteiger partial charge in [0.25, 0.3) is 5.91 Å². The molecule has 2 amide bonds. The van der Waals surface area contributed by atoms with Gasteiger partial charge in [0.05, 0.1) is 17.6 Å². The van der Waals surface area contributed by atoms with Crippen LogP contribution in [-0.2, 0) is 4.79 Å². The van der Waals surface area contributed by atoms with Crippen molar-refractivity contribution in [2.75, 3.05) is 12.4 Å². The molecule has 0 saturated heterocycles. The zero-order valence-corrected chi connectivity index (χ0v) is 14.4. The first-order valence-electron chi connectivity index (χ1n) is 6.97. The molecule has 2 aromatic rings. The van der Waals surface area contributed by atoms with E-state index in [4.69, 9.17) is 17.3 Å². The number of primary amides is 1. The molecule has 126 valence electrons. The minimum atomic E-state index is -0.721. The number of benzene rings is 1. The van der Waals surface area contributed by atoms with Crippen LogP contribution in [0, 0.1) is 6.92 Å². The number of nitrogens with one attached hydrogen (secondary N) is 1. The van der Waals surface area contributed by atoms with Gasteiger partial charge in [0.2, 0.25) is 6.41 Å². The molecular weight excluding hydrogens is 318 g/mol. The Kier molecular flexibility index (Phi) is 9.29. The fraction of sp³-hybridized carbons (Fsp3) is 0.267. The smallest absolute Gasteiger partial charge is 0.271 e. The Morgan fingerprint density at radius 2 is 1.96 bits per heavy atom. The van der Waals surface area contributed by atoms with Crippen molar-refractivity contribution in [2.45, 2.75) is 20.8 Å². The van der Waals surface area contributed by atoms with Gasteiger partial charge in [-0.3, -0.25) is 9.59 Å². The SMILES string of the molecule is CC.CN.Cc1ccc(-n2cc(NC=O)c(C(N)=O)n2)cc1Cl. The van der Waals surface area contributed by atoms with Gasteiger partial charge >= 0.3 is 0 Å². The number of carbonyl (C=O) groups is 2. The van der Waals surface area contributed by atoms with Crippen LogP contribution in [0.25, 0.3) is 5.69 Å². The molecule has 0 saturated carbocycles. The summed E-state index contributed by atoms with van der Waals surface area (Å²) < 4.78 is 1.43. The number of aromatic nitrogens is 2. The van der Waals surface area contributed by atoms with E-state index in [1.54, 1.807) is 12.1 Å². The summed E-state index contributed by atoms with van der Waals surface area (Å²) in [6, 6.07) is 5.33. The second-order valence-corrected chi connectivity index (χ2v) is 4.30. The van der Waals surface area contributed by atoms with Crippen molar-refractivity contribution in [3.05, 3.63) is 40.7 Å². The fourth-order valence-electron chi connectivity index (χ4n) is 1.58. The van der Waals surface area contributed by atoms with Gasteiger partial charge < -0.3 is 16.8 Å². The van der Waals surface area contributed by atoms with E-state index in [0.717, 1.165) is 5.56 Å². The Hall–Kier alpha value is -2.38. The Balaban J connectivity index is 0.00000112. The van der Waals surface area contributed by atoms with Crippen LogP contribution >= 0.6 is 11.6 Å². The van der Waals surface area contributed by atoms with Crippen molar-refractivity contribution < 1.29 is 9.59 Å². The van der Waals surface area contributed by atoms with Crippen LogP contribution in [0.2, 0.25) is 5.02 Å². The summed E-state index contributed by atoms with van der Waals surface area (Å²) in [6.07, 6.45) is 1.95. The van der Waals surface area contributed by atoms with E-state index in [2.05, 4.69) is 16.1 Å². The third-order valence-electron chi connectivity index (χ3n) is 2.58. The molecule has 0 aliphatic heterocycles. The summed E-state index contributed by atoms with van der Waals surface area (Å²) >= 11 is 6.03. The number of nitrogens with zero attached hydrogens (tertiary/aromatic N) is 2. The highest BCUT2D eigenvalue weighted by Crippen LogP contribution is 2.21. The summed E-state index contributed by atoms with van der Waals surface area (Å²) in [4.78, 5) is 21.7. The Bertz CT molecular complexity index is 655. The molecule has 1 aromatic heterocycles. The lowest BCUT2D eigenvalue weighted by molar-refractivity contribution is -0.105. The molecule has 7 nitrogen and oxygen atoms in total. The average molecular weight is 340 g/mol. The van der Waals surface area contributed by atoms with Crippen molar-refractivity contribution in [3.8, 4) is 5.69 Å². The molecule has 1 aromatic carbocycles. The van der Waals surface area contributed by atoms with Crippen molar-refractivity contribution >= 4 is 29.6 Å². The minimum Gasteiger partial charge on any atom is -0.364 e. The normalized spacial score (nSPS) is 8.96. The predicted molar refractivity (Wildman–Crippen MR) is 93.0 cm³/mol. The highest BCUT2D eigenvalue weighted by atomic mass is 35.5. The summed E-state index contributed by atoms with van der Waals surface area (Å²) in [5, 5.41) is 6.99. The van der Waals surface area contributed by atoms with Gasteiger partial charge in [0, 0.05) is 5.02 Å². The van der Waals surface area contributed by atoms with Crippen LogP contribution < -0.4 is 16.8 Å². The molecule has 5 N–H and O–H groups in total. The maximum atomic E-state index is 11.2. The van der Waals surface area contributed by atoms with Gasteiger partial charge in [-0.1, -0.05) is 31.5 Å². The maximum absolute atomic E-state index is 11.2. The summed E-state index contributed by atoms with van der Waals surface area (Å²) in [6.45, 7) is 5.88. The van der Waals surface area contributed by atoms with Crippen molar-refractivity contribution in [2.24, 2.45) is 11.5 Å². The summed E-state index contributed by atoms with van der Waals surface area (Å²) in [5.41, 5.74) is 11.5. The second kappa shape index (κ2) is 10.4. The van der Waals surface area contributed by atoms with Crippen LogP contribution in [0.4, 0.5) is 5.69 Å². The first-order chi connectivity index (χ1) is 11.0. The average Bonchev–Trinajstić information content (AvgIpc) is 2.98. The van der Waals surface area contributed by atoms with E-state index < -0.39 is 5.91 Å². The van der Waals surface area contributed by atoms with E-state index in [9.17, 15) is 9.59 Å². The number of anilines is 1. The summed E-state index contributed by atoms with van der Waals surface area (Å²) in [7, 11) is 1.50. The molecule has 0 unspecified atom stereocenters. The molecule has 0 aliphatic rings. The lowest BCUT2D eigenvalue weighted by Crippen LogP contribution is -2.14. The first-order valence-corrected chi connectivity index (χ1v) is 7.34. The molecule has 0 atom stereocenters. The van der Waals surface area contributed by atoms with Crippen LogP contribution in [0.5, 0.6) is 0 Å². The molecular formula is C15H22ClN5O2. The van der Waals surface area contributed by atoms with Gasteiger partial charge in [-0.15, -0.1) is 0 Å². The highest BCUT2D eigenvalue weighted by molar-refractivity contribution is 6.31.